The van der Waals surface area contributed by atoms with Gasteiger partial charge in [0.15, 0.2) is 0 Å². The van der Waals surface area contributed by atoms with Crippen molar-refractivity contribution in [2.45, 2.75) is 6.42 Å². The molecule has 104 valence electrons. The quantitative estimate of drug-likeness (QED) is 0.587. The number of amides is 1. The van der Waals surface area contributed by atoms with Crippen LogP contribution in [0.3, 0.4) is 0 Å². The van der Waals surface area contributed by atoms with E-state index in [-0.39, 0.29) is 5.91 Å². The smallest absolute Gasteiger partial charge is 0.247 e. The molecule has 1 amide bonds. The molecule has 0 aliphatic carbocycles. The van der Waals surface area contributed by atoms with Crippen molar-refractivity contribution in [2.75, 3.05) is 19.7 Å². The molecule has 2 rings (SSSR count). The minimum absolute atomic E-state index is 0.0402. The van der Waals surface area contributed by atoms with Crippen molar-refractivity contribution < 1.29 is 9.53 Å². The van der Waals surface area contributed by atoms with Gasteiger partial charge in [0.2, 0.25) is 5.91 Å². The fraction of sp³-hybridized carbons (Fsp3) is 0.235. The average Bonchev–Trinajstić information content (AvgIpc) is 2.92. The number of nitrogens with zero attached hydrogens (tertiary/aromatic N) is 1. The maximum atomic E-state index is 12.0. The first-order valence-electron chi connectivity index (χ1n) is 6.69. The molecular weight excluding hydrogens is 250 g/mol. The normalized spacial score (nSPS) is 12.8. The summed E-state index contributed by atoms with van der Waals surface area (Å²) in [6.07, 6.45) is 7.78. The molecule has 0 atom stereocenters. The minimum Gasteiger partial charge on any atom is -0.493 e. The summed E-state index contributed by atoms with van der Waals surface area (Å²) in [5.41, 5.74) is 2.22. The third-order valence-electron chi connectivity index (χ3n) is 3.14. The molecule has 3 nitrogen and oxygen atoms in total. The first kappa shape index (κ1) is 14.1. The Bertz CT molecular complexity index is 536. The van der Waals surface area contributed by atoms with E-state index in [1.165, 1.54) is 5.56 Å². The van der Waals surface area contributed by atoms with Crippen LogP contribution in [0, 0.1) is 0 Å². The van der Waals surface area contributed by atoms with Crippen molar-refractivity contribution >= 4 is 12.0 Å². The second-order valence-electron chi connectivity index (χ2n) is 4.62. The van der Waals surface area contributed by atoms with Gasteiger partial charge in [-0.25, -0.2) is 0 Å². The fourth-order valence-electron chi connectivity index (χ4n) is 2.15. The third-order valence-corrected chi connectivity index (χ3v) is 3.14. The van der Waals surface area contributed by atoms with Crippen LogP contribution in [-0.4, -0.2) is 30.5 Å². The topological polar surface area (TPSA) is 29.5 Å². The fourth-order valence-corrected chi connectivity index (χ4v) is 2.15. The zero-order chi connectivity index (χ0) is 14.4. The molecule has 1 aliphatic heterocycles. The van der Waals surface area contributed by atoms with Gasteiger partial charge in [-0.2, -0.15) is 0 Å². The lowest BCUT2D eigenvalue weighted by atomic mass is 10.1. The van der Waals surface area contributed by atoms with Gasteiger partial charge < -0.3 is 9.64 Å². The van der Waals surface area contributed by atoms with Gasteiger partial charge in [-0.05, 0) is 29.3 Å². The molecule has 0 N–H and O–H groups in total. The molecule has 0 radical (unpaired) electrons. The summed E-state index contributed by atoms with van der Waals surface area (Å²) in [5, 5.41) is 0. The minimum atomic E-state index is -0.0402. The third kappa shape index (κ3) is 3.38. The number of carbonyl (C=O) groups excluding carboxylic acids is 1. The number of fused-ring (bicyclic) bond motifs is 1. The summed E-state index contributed by atoms with van der Waals surface area (Å²) in [4.78, 5) is 13.7. The SMILES string of the molecule is C=CCN(CC=C)C(=O)/C=C/c1ccc2c(c1)CCO2. The highest BCUT2D eigenvalue weighted by Gasteiger charge is 2.11. The Hall–Kier alpha value is -2.29. The van der Waals surface area contributed by atoms with E-state index in [2.05, 4.69) is 19.2 Å². The van der Waals surface area contributed by atoms with Crippen LogP contribution in [0.4, 0.5) is 0 Å². The van der Waals surface area contributed by atoms with Gasteiger partial charge in [0.25, 0.3) is 0 Å². The van der Waals surface area contributed by atoms with E-state index in [0.717, 1.165) is 24.3 Å². The second kappa shape index (κ2) is 6.75. The number of ether oxygens (including phenoxy) is 1. The van der Waals surface area contributed by atoms with E-state index in [1.807, 2.05) is 18.2 Å². The van der Waals surface area contributed by atoms with Crippen molar-refractivity contribution in [1.29, 1.82) is 0 Å². The summed E-state index contributed by atoms with van der Waals surface area (Å²) < 4.78 is 5.46. The van der Waals surface area contributed by atoms with Crippen LogP contribution < -0.4 is 4.74 Å². The first-order chi connectivity index (χ1) is 9.74. The standard InChI is InChI=1S/C17H19NO2/c1-3-10-18(11-4-2)17(19)8-6-14-5-7-16-15(13-14)9-12-20-16/h3-8,13H,1-2,9-12H2/b8-6+. The number of hydrogen-bond donors (Lipinski definition) is 0. The largest absolute Gasteiger partial charge is 0.493 e. The maximum Gasteiger partial charge on any atom is 0.247 e. The molecule has 0 saturated carbocycles. The van der Waals surface area contributed by atoms with Crippen molar-refractivity contribution in [3.05, 3.63) is 60.7 Å². The molecule has 0 saturated heterocycles. The molecule has 0 fully saturated rings. The van der Waals surface area contributed by atoms with Crippen LogP contribution in [0.15, 0.2) is 49.6 Å². The van der Waals surface area contributed by atoms with Crippen LogP contribution in [0.25, 0.3) is 6.08 Å². The van der Waals surface area contributed by atoms with E-state index in [9.17, 15) is 4.79 Å². The molecular formula is C17H19NO2. The molecule has 1 aromatic rings. The highest BCUT2D eigenvalue weighted by molar-refractivity contribution is 5.92. The lowest BCUT2D eigenvalue weighted by molar-refractivity contribution is -0.124. The molecule has 1 aliphatic rings. The Morgan fingerprint density at radius 1 is 1.30 bits per heavy atom. The van der Waals surface area contributed by atoms with Gasteiger partial charge in [0.1, 0.15) is 5.75 Å². The number of rotatable bonds is 6. The summed E-state index contributed by atoms with van der Waals surface area (Å²) >= 11 is 0. The second-order valence-corrected chi connectivity index (χ2v) is 4.62. The highest BCUT2D eigenvalue weighted by atomic mass is 16.5. The van der Waals surface area contributed by atoms with E-state index in [1.54, 1.807) is 23.1 Å². The molecule has 1 aromatic carbocycles. The van der Waals surface area contributed by atoms with E-state index < -0.39 is 0 Å². The zero-order valence-electron chi connectivity index (χ0n) is 11.5. The molecule has 3 heteroatoms. The van der Waals surface area contributed by atoms with Gasteiger partial charge in [-0.15, -0.1) is 13.2 Å². The van der Waals surface area contributed by atoms with Gasteiger partial charge in [-0.3, -0.25) is 4.79 Å². The van der Waals surface area contributed by atoms with E-state index >= 15 is 0 Å². The number of benzene rings is 1. The van der Waals surface area contributed by atoms with E-state index in [4.69, 9.17) is 4.74 Å². The summed E-state index contributed by atoms with van der Waals surface area (Å²) in [7, 11) is 0. The summed E-state index contributed by atoms with van der Waals surface area (Å²) in [6, 6.07) is 5.98. The zero-order valence-corrected chi connectivity index (χ0v) is 11.5. The molecule has 20 heavy (non-hydrogen) atoms. The predicted octanol–water partition coefficient (Wildman–Crippen LogP) is 2.84. The Morgan fingerprint density at radius 2 is 2.05 bits per heavy atom. The Kier molecular flexibility index (Phi) is 4.77. The maximum absolute atomic E-state index is 12.0. The van der Waals surface area contributed by atoms with Crippen LogP contribution in [0.1, 0.15) is 11.1 Å². The van der Waals surface area contributed by atoms with Crippen molar-refractivity contribution in [2.24, 2.45) is 0 Å². The molecule has 1 heterocycles. The Balaban J connectivity index is 2.05. The lowest BCUT2D eigenvalue weighted by Gasteiger charge is -2.16. The van der Waals surface area contributed by atoms with Crippen molar-refractivity contribution in [1.82, 2.24) is 4.90 Å². The van der Waals surface area contributed by atoms with Crippen LogP contribution >= 0.6 is 0 Å². The number of carbonyl (C=O) groups is 1. The van der Waals surface area contributed by atoms with E-state index in [0.29, 0.717) is 13.1 Å². The van der Waals surface area contributed by atoms with Gasteiger partial charge >= 0.3 is 0 Å². The Morgan fingerprint density at radius 3 is 2.75 bits per heavy atom. The van der Waals surface area contributed by atoms with Crippen molar-refractivity contribution in [3.8, 4) is 5.75 Å². The molecule has 0 unspecified atom stereocenters. The van der Waals surface area contributed by atoms with Gasteiger partial charge in [0.05, 0.1) is 6.61 Å². The predicted molar refractivity (Wildman–Crippen MR) is 81.6 cm³/mol. The molecule has 0 aromatic heterocycles. The van der Waals surface area contributed by atoms with Crippen LogP contribution in [0.2, 0.25) is 0 Å². The highest BCUT2D eigenvalue weighted by Crippen LogP contribution is 2.26. The Labute approximate surface area is 119 Å². The monoisotopic (exact) mass is 269 g/mol. The molecule has 0 bridgehead atoms. The first-order valence-corrected chi connectivity index (χ1v) is 6.69. The van der Waals surface area contributed by atoms with Gasteiger partial charge in [0, 0.05) is 25.6 Å². The van der Waals surface area contributed by atoms with Gasteiger partial charge in [-0.1, -0.05) is 18.2 Å². The lowest BCUT2D eigenvalue weighted by Crippen LogP contribution is -2.29. The van der Waals surface area contributed by atoms with Crippen LogP contribution in [0.5, 0.6) is 5.75 Å². The van der Waals surface area contributed by atoms with Crippen molar-refractivity contribution in [3.63, 3.8) is 0 Å². The molecule has 0 spiro atoms. The number of hydrogen-bond acceptors (Lipinski definition) is 2. The average molecular weight is 269 g/mol. The summed E-state index contributed by atoms with van der Waals surface area (Å²) in [5.74, 6) is 0.912. The van der Waals surface area contributed by atoms with Crippen LogP contribution in [-0.2, 0) is 11.2 Å². The summed E-state index contributed by atoms with van der Waals surface area (Å²) in [6.45, 7) is 9.10.